The second-order valence-corrected chi connectivity index (χ2v) is 2.34. The number of nitrogens with zero attached hydrogens (tertiary/aromatic N) is 1. The predicted molar refractivity (Wildman–Crippen MR) is 23.8 cm³/mol. The smallest absolute Gasteiger partial charge is 0.790 e. The van der Waals surface area contributed by atoms with Gasteiger partial charge in [-0.15, -0.1) is 0 Å². The molecule has 0 radical (unpaired) electrons. The normalized spacial score (nSPS) is 8.82. The van der Waals surface area contributed by atoms with E-state index in [0.29, 0.717) is 0 Å². The van der Waals surface area contributed by atoms with Crippen LogP contribution in [0.1, 0.15) is 6.42 Å². The molecule has 0 N–H and O–H groups in total. The zero-order valence-electron chi connectivity index (χ0n) is 6.44. The van der Waals surface area contributed by atoms with E-state index < -0.39 is 7.82 Å². The molecule has 0 rings (SSSR count). The maximum atomic E-state index is 9.65. The van der Waals surface area contributed by atoms with Crippen LogP contribution < -0.4 is 68.9 Å². The summed E-state index contributed by atoms with van der Waals surface area (Å²) in [5.41, 5.74) is 0. The van der Waals surface area contributed by atoms with E-state index >= 15 is 0 Å². The van der Waals surface area contributed by atoms with E-state index in [1.54, 1.807) is 6.07 Å². The fourth-order valence-corrected chi connectivity index (χ4v) is 0.518. The molecular weight excluding hydrogens is 191 g/mol. The fraction of sp³-hybridized carbons (Fsp3) is 0.667. The third-order valence-electron chi connectivity index (χ3n) is 0.463. The van der Waals surface area contributed by atoms with Gasteiger partial charge in [0, 0.05) is 0 Å². The molecule has 0 amide bonds. The Morgan fingerprint density at radius 3 is 2.18 bits per heavy atom. The van der Waals surface area contributed by atoms with Crippen molar-refractivity contribution in [2.45, 2.75) is 6.42 Å². The zero-order chi connectivity index (χ0) is 7.33. The Bertz CT molecular complexity index is 163. The van der Waals surface area contributed by atoms with Crippen LogP contribution >= 0.6 is 7.82 Å². The van der Waals surface area contributed by atoms with Crippen molar-refractivity contribution in [3.8, 4) is 6.07 Å². The molecule has 5 nitrogen and oxygen atoms in total. The van der Waals surface area contributed by atoms with Crippen LogP contribution in [-0.4, -0.2) is 6.61 Å². The quantitative estimate of drug-likeness (QED) is 0.253. The van der Waals surface area contributed by atoms with Crippen molar-refractivity contribution in [3.05, 3.63) is 0 Å². The standard InChI is InChI=1S/C3H6NO4P.2Na/c4-2-1-3-8-9(5,6)7;;/h1,3H2,(H2,5,6,7);;/q;2*+1/p-2. The molecule has 0 spiro atoms. The summed E-state index contributed by atoms with van der Waals surface area (Å²) < 4.78 is 13.3. The van der Waals surface area contributed by atoms with E-state index in [0.717, 1.165) is 0 Å². The van der Waals surface area contributed by atoms with Crippen molar-refractivity contribution in [1.82, 2.24) is 0 Å². The maximum absolute atomic E-state index is 9.65. The number of hydrogen-bond acceptors (Lipinski definition) is 5. The summed E-state index contributed by atoms with van der Waals surface area (Å²) in [5.74, 6) is 0. The maximum Gasteiger partial charge on any atom is 1.00 e. The summed E-state index contributed by atoms with van der Waals surface area (Å²) in [4.78, 5) is 19.3. The predicted octanol–water partition coefficient (Wildman–Crippen LogP) is -7.25. The van der Waals surface area contributed by atoms with Crippen LogP contribution in [0.2, 0.25) is 0 Å². The molecule has 0 saturated heterocycles. The number of nitriles is 1. The molecule has 0 aliphatic heterocycles. The monoisotopic (exact) mass is 195 g/mol. The molecule has 8 heteroatoms. The number of phosphoric acid groups is 1. The van der Waals surface area contributed by atoms with Gasteiger partial charge in [0.1, 0.15) is 0 Å². The van der Waals surface area contributed by atoms with Crippen LogP contribution in [0, 0.1) is 11.3 Å². The molecule has 11 heavy (non-hydrogen) atoms. The molecule has 0 aliphatic carbocycles. The van der Waals surface area contributed by atoms with Crippen molar-refractivity contribution in [2.24, 2.45) is 0 Å². The van der Waals surface area contributed by atoms with Crippen LogP contribution in [0.5, 0.6) is 0 Å². The van der Waals surface area contributed by atoms with Gasteiger partial charge < -0.3 is 18.9 Å². The largest absolute Gasteiger partial charge is 1.00 e. The Kier molecular flexibility index (Phi) is 16.2. The minimum absolute atomic E-state index is 0. The average molecular weight is 195 g/mol. The van der Waals surface area contributed by atoms with Gasteiger partial charge in [0.15, 0.2) is 0 Å². The van der Waals surface area contributed by atoms with E-state index in [1.807, 2.05) is 0 Å². The number of rotatable bonds is 3. The Morgan fingerprint density at radius 1 is 1.45 bits per heavy atom. The summed E-state index contributed by atoms with van der Waals surface area (Å²) in [5, 5.41) is 7.84. The van der Waals surface area contributed by atoms with Crippen molar-refractivity contribution < 1.29 is 78.0 Å². The van der Waals surface area contributed by atoms with Gasteiger partial charge in [0.2, 0.25) is 0 Å². The first-order valence-electron chi connectivity index (χ1n) is 2.10. The van der Waals surface area contributed by atoms with Gasteiger partial charge in [-0.3, -0.25) is 0 Å². The molecular formula is C3H4NNa2O4P. The molecule has 0 aliphatic rings. The van der Waals surface area contributed by atoms with E-state index in [-0.39, 0.29) is 72.1 Å². The van der Waals surface area contributed by atoms with Gasteiger partial charge in [0.05, 0.1) is 26.9 Å². The molecule has 0 fully saturated rings. The van der Waals surface area contributed by atoms with E-state index in [2.05, 4.69) is 4.52 Å². The Balaban J connectivity index is -0.000000320. The van der Waals surface area contributed by atoms with Gasteiger partial charge in [-0.05, 0) is 0 Å². The first kappa shape index (κ1) is 18.4. The minimum Gasteiger partial charge on any atom is -0.790 e. The molecule has 0 aromatic carbocycles. The zero-order valence-corrected chi connectivity index (χ0v) is 11.3. The van der Waals surface area contributed by atoms with Crippen molar-refractivity contribution in [1.29, 1.82) is 5.26 Å². The molecule has 52 valence electrons. The molecule has 0 aromatic heterocycles. The molecule has 0 saturated carbocycles. The van der Waals surface area contributed by atoms with E-state index in [9.17, 15) is 14.4 Å². The number of phosphoric ester groups is 1. The van der Waals surface area contributed by atoms with Crippen LogP contribution in [-0.2, 0) is 9.09 Å². The summed E-state index contributed by atoms with van der Waals surface area (Å²) in [6.45, 7) is -0.346. The van der Waals surface area contributed by atoms with Gasteiger partial charge in [-0.1, -0.05) is 0 Å². The van der Waals surface area contributed by atoms with Crippen molar-refractivity contribution in [2.75, 3.05) is 6.61 Å². The fourth-order valence-electron chi connectivity index (χ4n) is 0.203. The topological polar surface area (TPSA) is 96.2 Å². The molecule has 0 aromatic rings. The summed E-state index contributed by atoms with van der Waals surface area (Å²) in [7, 11) is -4.85. The van der Waals surface area contributed by atoms with Crippen molar-refractivity contribution in [3.63, 3.8) is 0 Å². The molecule has 0 atom stereocenters. The Hall–Kier alpha value is 1.60. The second kappa shape index (κ2) is 9.69. The van der Waals surface area contributed by atoms with Gasteiger partial charge >= 0.3 is 59.1 Å². The molecule has 0 heterocycles. The van der Waals surface area contributed by atoms with Crippen molar-refractivity contribution >= 4 is 7.82 Å². The van der Waals surface area contributed by atoms with Crippen LogP contribution in [0.25, 0.3) is 0 Å². The van der Waals surface area contributed by atoms with Crippen LogP contribution in [0.15, 0.2) is 0 Å². The first-order valence-corrected chi connectivity index (χ1v) is 3.56. The van der Waals surface area contributed by atoms with Gasteiger partial charge in [-0.2, -0.15) is 5.26 Å². The Morgan fingerprint density at radius 2 is 1.91 bits per heavy atom. The second-order valence-electron chi connectivity index (χ2n) is 1.19. The summed E-state index contributed by atoms with van der Waals surface area (Å²) in [6.07, 6.45) is -0.0888. The van der Waals surface area contributed by atoms with Crippen LogP contribution in [0.4, 0.5) is 0 Å². The van der Waals surface area contributed by atoms with Gasteiger partial charge in [-0.25, -0.2) is 0 Å². The SMILES string of the molecule is N#CCCOP(=O)([O-])[O-].[Na+].[Na+]. The molecule has 0 bridgehead atoms. The first-order chi connectivity index (χ1) is 4.06. The van der Waals surface area contributed by atoms with Gasteiger partial charge in [0.25, 0.3) is 0 Å². The Labute approximate surface area is 109 Å². The average Bonchev–Trinajstić information content (AvgIpc) is 1.63. The summed E-state index contributed by atoms with van der Waals surface area (Å²) in [6, 6.07) is 1.62. The van der Waals surface area contributed by atoms with Crippen LogP contribution in [0.3, 0.4) is 0 Å². The number of hydrogen-bond donors (Lipinski definition) is 0. The third kappa shape index (κ3) is 18.5. The summed E-state index contributed by atoms with van der Waals surface area (Å²) >= 11 is 0. The van der Waals surface area contributed by atoms with E-state index in [4.69, 9.17) is 5.26 Å². The third-order valence-corrected chi connectivity index (χ3v) is 0.962. The minimum atomic E-state index is -4.85. The molecule has 0 unspecified atom stereocenters. The van der Waals surface area contributed by atoms with E-state index in [1.165, 1.54) is 0 Å².